The van der Waals surface area contributed by atoms with Gasteiger partial charge in [0.2, 0.25) is 5.91 Å². The minimum absolute atomic E-state index is 0.238. The zero-order valence-corrected chi connectivity index (χ0v) is 12.1. The lowest BCUT2D eigenvalue weighted by Crippen LogP contribution is -2.44. The largest absolute Gasteiger partial charge is 0.343 e. The first kappa shape index (κ1) is 14.4. The Balaban J connectivity index is 1.81. The van der Waals surface area contributed by atoms with Gasteiger partial charge in [-0.05, 0) is 50.0 Å². The molecule has 0 unspecified atom stereocenters. The fourth-order valence-corrected chi connectivity index (χ4v) is 2.60. The van der Waals surface area contributed by atoms with E-state index in [1.807, 2.05) is 36.2 Å². The van der Waals surface area contributed by atoms with E-state index < -0.39 is 0 Å². The van der Waals surface area contributed by atoms with Gasteiger partial charge in [0.1, 0.15) is 0 Å². The minimum atomic E-state index is 0.238. The summed E-state index contributed by atoms with van der Waals surface area (Å²) < 4.78 is 0. The van der Waals surface area contributed by atoms with Crippen LogP contribution in [0.3, 0.4) is 0 Å². The molecule has 1 aliphatic heterocycles. The maximum absolute atomic E-state index is 12.2. The molecule has 1 aromatic carbocycles. The van der Waals surface area contributed by atoms with Crippen molar-refractivity contribution in [3.63, 3.8) is 0 Å². The molecule has 1 amide bonds. The third-order valence-corrected chi connectivity index (χ3v) is 4.04. The van der Waals surface area contributed by atoms with Crippen LogP contribution in [0, 0.1) is 0 Å². The molecular formula is C15H21ClN2O. The Morgan fingerprint density at radius 2 is 1.95 bits per heavy atom. The molecule has 0 aliphatic carbocycles. The number of hydrogen-bond donors (Lipinski definition) is 1. The number of nitrogens with one attached hydrogen (secondary N) is 1. The highest BCUT2D eigenvalue weighted by molar-refractivity contribution is 6.30. The molecule has 0 spiro atoms. The average molecular weight is 281 g/mol. The second-order valence-electron chi connectivity index (χ2n) is 5.11. The van der Waals surface area contributed by atoms with Gasteiger partial charge in [-0.1, -0.05) is 23.7 Å². The standard InChI is InChI=1S/C15H21ClN2O/c1-18(14-8-10-17-11-9-14)15(19)7-4-12-2-5-13(16)6-3-12/h2-3,5-6,14,17H,4,7-11H2,1H3. The molecule has 0 radical (unpaired) electrons. The molecule has 1 N–H and O–H groups in total. The molecular weight excluding hydrogens is 260 g/mol. The lowest BCUT2D eigenvalue weighted by Gasteiger charge is -2.31. The second kappa shape index (κ2) is 6.92. The van der Waals surface area contributed by atoms with E-state index in [1.165, 1.54) is 0 Å². The summed E-state index contributed by atoms with van der Waals surface area (Å²) >= 11 is 5.85. The van der Waals surface area contributed by atoms with Crippen LogP contribution in [0.5, 0.6) is 0 Å². The van der Waals surface area contributed by atoms with Crippen molar-refractivity contribution in [2.75, 3.05) is 20.1 Å². The molecule has 1 heterocycles. The third kappa shape index (κ3) is 4.22. The Bertz CT molecular complexity index is 413. The summed E-state index contributed by atoms with van der Waals surface area (Å²) in [4.78, 5) is 14.1. The van der Waals surface area contributed by atoms with Gasteiger partial charge >= 0.3 is 0 Å². The normalized spacial score (nSPS) is 16.3. The molecule has 0 atom stereocenters. The van der Waals surface area contributed by atoms with Crippen molar-refractivity contribution in [3.8, 4) is 0 Å². The van der Waals surface area contributed by atoms with Gasteiger partial charge in [-0.2, -0.15) is 0 Å². The van der Waals surface area contributed by atoms with E-state index in [9.17, 15) is 4.79 Å². The Labute approximate surface area is 119 Å². The van der Waals surface area contributed by atoms with Crippen LogP contribution in [0.15, 0.2) is 24.3 Å². The summed E-state index contributed by atoms with van der Waals surface area (Å²) in [6.45, 7) is 2.03. The van der Waals surface area contributed by atoms with Gasteiger partial charge in [-0.25, -0.2) is 0 Å². The van der Waals surface area contributed by atoms with E-state index in [4.69, 9.17) is 11.6 Å². The summed E-state index contributed by atoms with van der Waals surface area (Å²) in [6, 6.07) is 8.12. The monoisotopic (exact) mass is 280 g/mol. The molecule has 1 aromatic rings. The van der Waals surface area contributed by atoms with Crippen LogP contribution in [-0.2, 0) is 11.2 Å². The first-order chi connectivity index (χ1) is 9.16. The summed E-state index contributed by atoms with van der Waals surface area (Å²) in [5.41, 5.74) is 1.16. The Morgan fingerprint density at radius 1 is 1.32 bits per heavy atom. The van der Waals surface area contributed by atoms with Gasteiger partial charge in [0, 0.05) is 24.5 Å². The summed E-state index contributed by atoms with van der Waals surface area (Å²) in [7, 11) is 1.93. The van der Waals surface area contributed by atoms with E-state index in [-0.39, 0.29) is 5.91 Å². The van der Waals surface area contributed by atoms with Crippen molar-refractivity contribution in [2.45, 2.75) is 31.7 Å². The van der Waals surface area contributed by atoms with Gasteiger partial charge in [-0.3, -0.25) is 4.79 Å². The molecule has 4 heteroatoms. The smallest absolute Gasteiger partial charge is 0.222 e. The first-order valence-electron chi connectivity index (χ1n) is 6.87. The number of carbonyl (C=O) groups excluding carboxylic acids is 1. The number of benzene rings is 1. The molecule has 3 nitrogen and oxygen atoms in total. The molecule has 2 rings (SSSR count). The maximum Gasteiger partial charge on any atom is 0.222 e. The Morgan fingerprint density at radius 3 is 2.58 bits per heavy atom. The van der Waals surface area contributed by atoms with Crippen LogP contribution >= 0.6 is 11.6 Å². The van der Waals surface area contributed by atoms with Gasteiger partial charge in [0.25, 0.3) is 0 Å². The van der Waals surface area contributed by atoms with E-state index in [0.717, 1.165) is 42.9 Å². The highest BCUT2D eigenvalue weighted by atomic mass is 35.5. The highest BCUT2D eigenvalue weighted by Gasteiger charge is 2.21. The Hall–Kier alpha value is -1.06. The van der Waals surface area contributed by atoms with Crippen LogP contribution in [0.1, 0.15) is 24.8 Å². The van der Waals surface area contributed by atoms with Crippen molar-refractivity contribution >= 4 is 17.5 Å². The molecule has 1 fully saturated rings. The molecule has 0 aromatic heterocycles. The summed E-state index contributed by atoms with van der Waals surface area (Å²) in [5, 5.41) is 4.06. The van der Waals surface area contributed by atoms with Crippen molar-refractivity contribution in [1.82, 2.24) is 10.2 Å². The van der Waals surface area contributed by atoms with E-state index in [0.29, 0.717) is 12.5 Å². The number of carbonyl (C=O) groups is 1. The quantitative estimate of drug-likeness (QED) is 0.919. The zero-order chi connectivity index (χ0) is 13.7. The molecule has 1 aliphatic rings. The van der Waals surface area contributed by atoms with Crippen LogP contribution in [-0.4, -0.2) is 37.0 Å². The van der Waals surface area contributed by atoms with Gasteiger partial charge in [0.15, 0.2) is 0 Å². The number of hydrogen-bond acceptors (Lipinski definition) is 2. The maximum atomic E-state index is 12.2. The lowest BCUT2D eigenvalue weighted by molar-refractivity contribution is -0.132. The summed E-state index contributed by atoms with van der Waals surface area (Å²) in [6.07, 6.45) is 3.47. The van der Waals surface area contributed by atoms with Crippen molar-refractivity contribution in [1.29, 1.82) is 0 Å². The fraction of sp³-hybridized carbons (Fsp3) is 0.533. The number of nitrogens with zero attached hydrogens (tertiary/aromatic N) is 1. The van der Waals surface area contributed by atoms with E-state index >= 15 is 0 Å². The fourth-order valence-electron chi connectivity index (χ4n) is 2.48. The Kier molecular flexibility index (Phi) is 5.23. The SMILES string of the molecule is CN(C(=O)CCc1ccc(Cl)cc1)C1CCNCC1. The highest BCUT2D eigenvalue weighted by Crippen LogP contribution is 2.14. The van der Waals surface area contributed by atoms with Crippen molar-refractivity contribution in [2.24, 2.45) is 0 Å². The summed E-state index contributed by atoms with van der Waals surface area (Å²) in [5.74, 6) is 0.238. The van der Waals surface area contributed by atoms with E-state index in [1.54, 1.807) is 0 Å². The third-order valence-electron chi connectivity index (χ3n) is 3.79. The van der Waals surface area contributed by atoms with Crippen molar-refractivity contribution < 1.29 is 4.79 Å². The van der Waals surface area contributed by atoms with Crippen LogP contribution in [0.2, 0.25) is 5.02 Å². The van der Waals surface area contributed by atoms with Gasteiger partial charge < -0.3 is 10.2 Å². The van der Waals surface area contributed by atoms with Crippen molar-refractivity contribution in [3.05, 3.63) is 34.9 Å². The molecule has 0 bridgehead atoms. The van der Waals surface area contributed by atoms with Crippen LogP contribution < -0.4 is 5.32 Å². The number of rotatable bonds is 4. The van der Waals surface area contributed by atoms with Gasteiger partial charge in [0.05, 0.1) is 0 Å². The number of piperidine rings is 1. The first-order valence-corrected chi connectivity index (χ1v) is 7.25. The number of amides is 1. The second-order valence-corrected chi connectivity index (χ2v) is 5.55. The number of aryl methyl sites for hydroxylation is 1. The minimum Gasteiger partial charge on any atom is -0.343 e. The van der Waals surface area contributed by atoms with E-state index in [2.05, 4.69) is 5.32 Å². The molecule has 104 valence electrons. The van der Waals surface area contributed by atoms with Gasteiger partial charge in [-0.15, -0.1) is 0 Å². The van der Waals surface area contributed by atoms with Crippen LogP contribution in [0.4, 0.5) is 0 Å². The predicted molar refractivity (Wildman–Crippen MR) is 78.4 cm³/mol. The zero-order valence-electron chi connectivity index (χ0n) is 11.4. The van der Waals surface area contributed by atoms with Crippen LogP contribution in [0.25, 0.3) is 0 Å². The topological polar surface area (TPSA) is 32.3 Å². The predicted octanol–water partition coefficient (Wildman–Crippen LogP) is 2.48. The molecule has 1 saturated heterocycles. The average Bonchev–Trinajstić information content (AvgIpc) is 2.46. The lowest BCUT2D eigenvalue weighted by atomic mass is 10.0. The number of halogens is 1. The molecule has 0 saturated carbocycles. The molecule has 19 heavy (non-hydrogen) atoms.